The summed E-state index contributed by atoms with van der Waals surface area (Å²) in [6, 6.07) is 1.80. The summed E-state index contributed by atoms with van der Waals surface area (Å²) < 4.78 is 0. The van der Waals surface area contributed by atoms with Crippen LogP contribution in [0.4, 0.5) is 0 Å². The number of nitrogens with zero attached hydrogens (tertiary/aromatic N) is 1. The minimum Gasteiger partial charge on any atom is -0.355 e. The molecule has 0 bridgehead atoms. The quantitative estimate of drug-likeness (QED) is 0.502. The second kappa shape index (κ2) is 2.58. The number of nitriles is 1. The number of ketones is 1. The predicted molar refractivity (Wildman–Crippen MR) is 39.0 cm³/mol. The highest BCUT2D eigenvalue weighted by Gasteiger charge is 2.22. The molecule has 0 aromatic rings. The van der Waals surface area contributed by atoms with Crippen LogP contribution in [0.5, 0.6) is 0 Å². The lowest BCUT2D eigenvalue weighted by atomic mass is 10.0. The van der Waals surface area contributed by atoms with Gasteiger partial charge in [-0.2, -0.15) is 5.26 Å². The zero-order chi connectivity index (χ0) is 7.56. The van der Waals surface area contributed by atoms with Crippen LogP contribution in [0.1, 0.15) is 0 Å². The Morgan fingerprint density at radius 3 is 2.90 bits per heavy atom. The first-order valence-electron chi connectivity index (χ1n) is 2.66. The van der Waals surface area contributed by atoms with E-state index in [0.29, 0.717) is 0 Å². The monoisotopic (exact) mass is 152 g/mol. The summed E-state index contributed by atoms with van der Waals surface area (Å²) in [5, 5.41) is 11.0. The highest BCUT2D eigenvalue weighted by atomic mass is 32.1. The molecule has 1 unspecified atom stereocenters. The largest absolute Gasteiger partial charge is 0.355 e. The molecule has 0 aliphatic carbocycles. The first kappa shape index (κ1) is 6.90. The predicted octanol–water partition coefficient (Wildman–Crippen LogP) is 0.140. The van der Waals surface area contributed by atoms with Gasteiger partial charge in [-0.15, -0.1) is 0 Å². The van der Waals surface area contributed by atoms with Crippen LogP contribution in [0.15, 0.2) is 12.3 Å². The van der Waals surface area contributed by atoms with E-state index in [4.69, 9.17) is 17.5 Å². The van der Waals surface area contributed by atoms with E-state index in [2.05, 4.69) is 5.32 Å². The molecule has 3 nitrogen and oxygen atoms in total. The van der Waals surface area contributed by atoms with Crippen molar-refractivity contribution in [2.75, 3.05) is 0 Å². The summed E-state index contributed by atoms with van der Waals surface area (Å²) in [6.45, 7) is 0. The van der Waals surface area contributed by atoms with E-state index in [1.165, 1.54) is 12.3 Å². The van der Waals surface area contributed by atoms with Crippen molar-refractivity contribution < 1.29 is 4.79 Å². The second-order valence-electron chi connectivity index (χ2n) is 1.81. The number of nitrogens with one attached hydrogen (secondary N) is 1. The molecular weight excluding hydrogens is 148 g/mol. The fraction of sp³-hybridized carbons (Fsp3) is 0.167. The molecule has 1 atom stereocenters. The number of thiocarbonyl (C=S) groups is 1. The first-order chi connectivity index (χ1) is 4.75. The van der Waals surface area contributed by atoms with E-state index in [0.717, 1.165) is 0 Å². The number of rotatable bonds is 0. The number of carbonyl (C=O) groups excluding carboxylic acids is 1. The van der Waals surface area contributed by atoms with Gasteiger partial charge in [0, 0.05) is 6.20 Å². The van der Waals surface area contributed by atoms with E-state index >= 15 is 0 Å². The van der Waals surface area contributed by atoms with Crippen molar-refractivity contribution in [2.45, 2.75) is 0 Å². The molecule has 0 saturated carbocycles. The third-order valence-electron chi connectivity index (χ3n) is 1.15. The zero-order valence-corrected chi connectivity index (χ0v) is 5.81. The average Bonchev–Trinajstić information content (AvgIpc) is 1.88. The second-order valence-corrected chi connectivity index (χ2v) is 2.25. The molecule has 4 heteroatoms. The zero-order valence-electron chi connectivity index (χ0n) is 5.00. The lowest BCUT2D eigenvalue weighted by Gasteiger charge is -2.10. The topological polar surface area (TPSA) is 52.9 Å². The number of hydrogen-bond acceptors (Lipinski definition) is 3. The van der Waals surface area contributed by atoms with Gasteiger partial charge in [0.1, 0.15) is 4.99 Å². The maximum Gasteiger partial charge on any atom is 0.181 e. The van der Waals surface area contributed by atoms with Crippen LogP contribution in [0.2, 0.25) is 0 Å². The van der Waals surface area contributed by atoms with E-state index < -0.39 is 5.92 Å². The molecule has 0 radical (unpaired) electrons. The molecule has 1 rings (SSSR count). The molecule has 1 heterocycles. The Morgan fingerprint density at radius 1 is 1.80 bits per heavy atom. The Hall–Kier alpha value is -1.21. The Labute approximate surface area is 63.3 Å². The van der Waals surface area contributed by atoms with E-state index in [9.17, 15) is 4.79 Å². The SMILES string of the molecule is N#CC1C(=O)C=CNC1=S. The maximum absolute atomic E-state index is 10.8. The fourth-order valence-corrected chi connectivity index (χ4v) is 0.874. The van der Waals surface area contributed by atoms with Gasteiger partial charge in [0.25, 0.3) is 0 Å². The van der Waals surface area contributed by atoms with Crippen molar-refractivity contribution >= 4 is 23.0 Å². The summed E-state index contributed by atoms with van der Waals surface area (Å²) in [7, 11) is 0. The van der Waals surface area contributed by atoms with Crippen LogP contribution in [0, 0.1) is 17.2 Å². The molecule has 0 aromatic heterocycles. The molecule has 10 heavy (non-hydrogen) atoms. The van der Waals surface area contributed by atoms with Crippen molar-refractivity contribution in [3.8, 4) is 6.07 Å². The van der Waals surface area contributed by atoms with Gasteiger partial charge in [-0.1, -0.05) is 12.2 Å². The van der Waals surface area contributed by atoms with Gasteiger partial charge in [-0.3, -0.25) is 4.79 Å². The number of carbonyl (C=O) groups is 1. The first-order valence-corrected chi connectivity index (χ1v) is 3.07. The van der Waals surface area contributed by atoms with Crippen molar-refractivity contribution in [3.63, 3.8) is 0 Å². The standard InChI is InChI=1S/C6H4N2OS/c7-3-4-5(9)1-2-8-6(4)10/h1-2,4H,(H,8,10). The van der Waals surface area contributed by atoms with Crippen molar-refractivity contribution in [1.82, 2.24) is 5.32 Å². The van der Waals surface area contributed by atoms with Crippen LogP contribution >= 0.6 is 12.2 Å². The number of allylic oxidation sites excluding steroid dienone is 1. The Balaban J connectivity index is 2.91. The Kier molecular flexibility index (Phi) is 1.78. The Morgan fingerprint density at radius 2 is 2.50 bits per heavy atom. The Bertz CT molecular complexity index is 251. The summed E-state index contributed by atoms with van der Waals surface area (Å²) in [5.74, 6) is -1.02. The van der Waals surface area contributed by atoms with Crippen LogP contribution in [0.3, 0.4) is 0 Å². The third kappa shape index (κ3) is 1.04. The molecule has 0 aromatic carbocycles. The minimum atomic E-state index is -0.778. The maximum atomic E-state index is 10.8. The molecule has 0 spiro atoms. The van der Waals surface area contributed by atoms with Gasteiger partial charge in [0.05, 0.1) is 6.07 Å². The van der Waals surface area contributed by atoms with Gasteiger partial charge >= 0.3 is 0 Å². The minimum absolute atomic E-state index is 0.244. The van der Waals surface area contributed by atoms with Crippen LogP contribution in [-0.2, 0) is 4.79 Å². The van der Waals surface area contributed by atoms with E-state index in [1.807, 2.05) is 0 Å². The van der Waals surface area contributed by atoms with E-state index in [1.54, 1.807) is 6.07 Å². The van der Waals surface area contributed by atoms with Gasteiger partial charge < -0.3 is 5.32 Å². The van der Waals surface area contributed by atoms with Crippen molar-refractivity contribution in [2.24, 2.45) is 5.92 Å². The van der Waals surface area contributed by atoms with E-state index in [-0.39, 0.29) is 10.8 Å². The average molecular weight is 152 g/mol. The molecule has 0 fully saturated rings. The fourth-order valence-electron chi connectivity index (χ4n) is 0.637. The van der Waals surface area contributed by atoms with Crippen molar-refractivity contribution in [1.29, 1.82) is 5.26 Å². The summed E-state index contributed by atoms with van der Waals surface area (Å²) >= 11 is 4.70. The van der Waals surface area contributed by atoms with Crippen molar-refractivity contribution in [3.05, 3.63) is 12.3 Å². The molecular formula is C6H4N2OS. The highest BCUT2D eigenvalue weighted by molar-refractivity contribution is 7.80. The molecule has 1 N–H and O–H groups in total. The third-order valence-corrected chi connectivity index (χ3v) is 1.50. The van der Waals surface area contributed by atoms with Gasteiger partial charge in [0.15, 0.2) is 11.7 Å². The molecule has 0 amide bonds. The van der Waals surface area contributed by atoms with Crippen LogP contribution in [-0.4, -0.2) is 10.8 Å². The van der Waals surface area contributed by atoms with Gasteiger partial charge in [-0.25, -0.2) is 0 Å². The summed E-state index contributed by atoms with van der Waals surface area (Å²) in [6.07, 6.45) is 2.75. The number of hydrogen-bond donors (Lipinski definition) is 1. The molecule has 1 aliphatic heterocycles. The lowest BCUT2D eigenvalue weighted by Crippen LogP contribution is -2.32. The molecule has 1 aliphatic rings. The highest BCUT2D eigenvalue weighted by Crippen LogP contribution is 2.03. The molecule has 50 valence electrons. The summed E-state index contributed by atoms with van der Waals surface area (Å²) in [4.78, 5) is 11.1. The lowest BCUT2D eigenvalue weighted by molar-refractivity contribution is -0.115. The molecule has 0 saturated heterocycles. The van der Waals surface area contributed by atoms with Gasteiger partial charge in [0.2, 0.25) is 0 Å². The van der Waals surface area contributed by atoms with Gasteiger partial charge in [-0.05, 0) is 6.08 Å². The van der Waals surface area contributed by atoms with Crippen LogP contribution < -0.4 is 5.32 Å². The smallest absolute Gasteiger partial charge is 0.181 e. The normalized spacial score (nSPS) is 23.7. The van der Waals surface area contributed by atoms with Crippen LogP contribution in [0.25, 0.3) is 0 Å². The summed E-state index contributed by atoms with van der Waals surface area (Å²) in [5.41, 5.74) is 0.